The smallest absolute Gasteiger partial charge is 0.126 e. The zero-order valence-electron chi connectivity index (χ0n) is 15.3. The summed E-state index contributed by atoms with van der Waals surface area (Å²) in [6.07, 6.45) is 3.95. The predicted molar refractivity (Wildman–Crippen MR) is 113 cm³/mol. The van der Waals surface area contributed by atoms with Crippen molar-refractivity contribution in [1.82, 2.24) is 0 Å². The lowest BCUT2D eigenvalue weighted by Gasteiger charge is -2.13. The zero-order chi connectivity index (χ0) is 19.1. The summed E-state index contributed by atoms with van der Waals surface area (Å²) in [5.41, 5.74) is 3.89. The molecule has 0 aliphatic heterocycles. The highest BCUT2D eigenvalue weighted by Gasteiger charge is 2.11. The summed E-state index contributed by atoms with van der Waals surface area (Å²) in [6.45, 7) is 0. The van der Waals surface area contributed by atoms with Crippen molar-refractivity contribution in [3.8, 4) is 23.0 Å². The molecule has 0 aliphatic rings. The summed E-state index contributed by atoms with van der Waals surface area (Å²) < 4.78 is 22.0. The van der Waals surface area contributed by atoms with Crippen molar-refractivity contribution in [3.05, 3.63) is 46.5 Å². The molecule has 0 heterocycles. The quantitative estimate of drug-likeness (QED) is 0.356. The van der Waals surface area contributed by atoms with Gasteiger partial charge in [0.05, 0.1) is 28.4 Å². The van der Waals surface area contributed by atoms with Crippen LogP contribution >= 0.6 is 31.9 Å². The minimum Gasteiger partial charge on any atom is -0.496 e. The molecule has 0 unspecified atom stereocenters. The monoisotopic (exact) mass is 484 g/mol. The lowest BCUT2D eigenvalue weighted by Crippen LogP contribution is -1.95. The van der Waals surface area contributed by atoms with Crippen LogP contribution in [0.3, 0.4) is 0 Å². The fraction of sp³-hybridized carbons (Fsp3) is 0.300. The van der Waals surface area contributed by atoms with E-state index in [0.29, 0.717) is 10.7 Å². The van der Waals surface area contributed by atoms with Gasteiger partial charge >= 0.3 is 0 Å². The maximum absolute atomic E-state index is 5.52. The van der Waals surface area contributed by atoms with Crippen LogP contribution in [0.25, 0.3) is 12.2 Å². The second kappa shape index (κ2) is 9.88. The highest BCUT2D eigenvalue weighted by atomic mass is 79.9. The van der Waals surface area contributed by atoms with Gasteiger partial charge in [-0.2, -0.15) is 0 Å². The molecule has 0 amide bonds. The number of halogens is 2. The molecule has 2 aromatic carbocycles. The van der Waals surface area contributed by atoms with E-state index in [2.05, 4.69) is 31.9 Å². The third-order valence-corrected chi connectivity index (χ3v) is 5.20. The molecule has 0 saturated carbocycles. The zero-order valence-corrected chi connectivity index (χ0v) is 18.4. The molecule has 2 aromatic rings. The summed E-state index contributed by atoms with van der Waals surface area (Å²) in [4.78, 5) is 0. The van der Waals surface area contributed by atoms with Crippen LogP contribution < -0.4 is 18.9 Å². The fourth-order valence-electron chi connectivity index (χ4n) is 2.62. The summed E-state index contributed by atoms with van der Waals surface area (Å²) in [5.74, 6) is 3.17. The van der Waals surface area contributed by atoms with Gasteiger partial charge in [0.1, 0.15) is 23.0 Å². The van der Waals surface area contributed by atoms with Crippen molar-refractivity contribution < 1.29 is 18.9 Å². The van der Waals surface area contributed by atoms with Crippen LogP contribution in [-0.4, -0.2) is 28.4 Å². The number of alkyl halides is 2. The van der Waals surface area contributed by atoms with Crippen LogP contribution in [0, 0.1) is 0 Å². The molecule has 0 bridgehead atoms. The molecule has 0 spiro atoms. The molecule has 0 aromatic heterocycles. The number of methoxy groups -OCH3 is 4. The first kappa shape index (κ1) is 20.6. The highest BCUT2D eigenvalue weighted by Crippen LogP contribution is 2.34. The van der Waals surface area contributed by atoms with E-state index in [1.54, 1.807) is 28.4 Å². The van der Waals surface area contributed by atoms with Crippen molar-refractivity contribution in [2.24, 2.45) is 0 Å². The van der Waals surface area contributed by atoms with E-state index in [1.165, 1.54) is 0 Å². The van der Waals surface area contributed by atoms with Gasteiger partial charge in [-0.15, -0.1) is 0 Å². The molecule has 140 valence electrons. The van der Waals surface area contributed by atoms with Gasteiger partial charge in [-0.05, 0) is 24.3 Å². The van der Waals surface area contributed by atoms with Gasteiger partial charge in [0, 0.05) is 32.9 Å². The highest BCUT2D eigenvalue weighted by molar-refractivity contribution is 9.08. The maximum Gasteiger partial charge on any atom is 0.126 e. The summed E-state index contributed by atoms with van der Waals surface area (Å²) in [5, 5.41) is 1.38. The second-order valence-electron chi connectivity index (χ2n) is 5.41. The van der Waals surface area contributed by atoms with E-state index in [0.717, 1.165) is 45.3 Å². The third kappa shape index (κ3) is 4.54. The molecule has 0 saturated heterocycles. The first-order valence-electron chi connectivity index (χ1n) is 7.91. The van der Waals surface area contributed by atoms with Crippen LogP contribution in [0.4, 0.5) is 0 Å². The van der Waals surface area contributed by atoms with Crippen molar-refractivity contribution >= 4 is 44.0 Å². The van der Waals surface area contributed by atoms with Crippen molar-refractivity contribution in [2.75, 3.05) is 28.4 Å². The molecule has 0 radical (unpaired) electrons. The van der Waals surface area contributed by atoms with E-state index in [-0.39, 0.29) is 0 Å². The molecule has 0 fully saturated rings. The lowest BCUT2D eigenvalue weighted by atomic mass is 10.1. The number of ether oxygens (including phenoxy) is 4. The Kier molecular flexibility index (Phi) is 7.85. The summed E-state index contributed by atoms with van der Waals surface area (Å²) >= 11 is 6.95. The Labute approximate surface area is 171 Å². The van der Waals surface area contributed by atoms with E-state index >= 15 is 0 Å². The fourth-order valence-corrected chi connectivity index (χ4v) is 3.49. The van der Waals surface area contributed by atoms with Crippen LogP contribution in [0.5, 0.6) is 23.0 Å². The second-order valence-corrected chi connectivity index (χ2v) is 6.53. The van der Waals surface area contributed by atoms with Gasteiger partial charge in [0.25, 0.3) is 0 Å². The molecule has 0 atom stereocenters. The topological polar surface area (TPSA) is 36.9 Å². The van der Waals surface area contributed by atoms with Crippen molar-refractivity contribution in [3.63, 3.8) is 0 Å². The molecular formula is C20H22Br2O4. The van der Waals surface area contributed by atoms with E-state index in [4.69, 9.17) is 18.9 Å². The number of hydrogen-bond donors (Lipinski definition) is 0. The summed E-state index contributed by atoms with van der Waals surface area (Å²) in [6, 6.07) is 7.86. The Morgan fingerprint density at radius 3 is 1.23 bits per heavy atom. The van der Waals surface area contributed by atoms with Gasteiger partial charge in [-0.25, -0.2) is 0 Å². The minimum absolute atomic E-state index is 0.690. The molecule has 0 N–H and O–H groups in total. The van der Waals surface area contributed by atoms with Gasteiger partial charge in [0.2, 0.25) is 0 Å². The Morgan fingerprint density at radius 1 is 0.615 bits per heavy atom. The number of hydrogen-bond acceptors (Lipinski definition) is 4. The van der Waals surface area contributed by atoms with E-state index in [9.17, 15) is 0 Å². The molecule has 26 heavy (non-hydrogen) atoms. The van der Waals surface area contributed by atoms with Crippen LogP contribution in [0.2, 0.25) is 0 Å². The molecular weight excluding hydrogens is 464 g/mol. The average molecular weight is 486 g/mol. The van der Waals surface area contributed by atoms with Crippen LogP contribution in [0.1, 0.15) is 22.3 Å². The van der Waals surface area contributed by atoms with Gasteiger partial charge in [0.15, 0.2) is 0 Å². The van der Waals surface area contributed by atoms with Crippen molar-refractivity contribution in [1.29, 1.82) is 0 Å². The van der Waals surface area contributed by atoms with E-state index < -0.39 is 0 Å². The normalized spacial score (nSPS) is 10.8. The Bertz CT molecular complexity index is 722. The summed E-state index contributed by atoms with van der Waals surface area (Å²) in [7, 11) is 6.64. The molecule has 4 nitrogen and oxygen atoms in total. The van der Waals surface area contributed by atoms with Gasteiger partial charge < -0.3 is 18.9 Å². The Hall–Kier alpha value is -1.66. The molecule has 0 aliphatic carbocycles. The van der Waals surface area contributed by atoms with E-state index in [1.807, 2.05) is 36.4 Å². The first-order valence-corrected chi connectivity index (χ1v) is 10.2. The largest absolute Gasteiger partial charge is 0.496 e. The molecule has 6 heteroatoms. The van der Waals surface area contributed by atoms with Crippen LogP contribution in [0.15, 0.2) is 24.3 Å². The Morgan fingerprint density at radius 2 is 0.962 bits per heavy atom. The van der Waals surface area contributed by atoms with Crippen molar-refractivity contribution in [2.45, 2.75) is 10.7 Å². The third-order valence-electron chi connectivity index (χ3n) is 4.00. The van der Waals surface area contributed by atoms with Gasteiger partial charge in [-0.3, -0.25) is 0 Å². The standard InChI is InChI=1S/C20H22Br2O4/c1-23-17-9-15(11-21)19(25-3)7-13(17)5-6-14-8-20(26-4)16(12-22)10-18(14)24-2/h5-10H,11-12H2,1-4H3/b6-5+. The predicted octanol–water partition coefficient (Wildman–Crippen LogP) is 5.68. The van der Waals surface area contributed by atoms with Crippen LogP contribution in [-0.2, 0) is 10.7 Å². The minimum atomic E-state index is 0.690. The lowest BCUT2D eigenvalue weighted by molar-refractivity contribution is 0.399. The number of benzene rings is 2. The SMILES string of the molecule is COc1cc(CBr)c(OC)cc1/C=C/c1cc(OC)c(CBr)cc1OC. The average Bonchev–Trinajstić information content (AvgIpc) is 2.70. The molecule has 2 rings (SSSR count). The maximum atomic E-state index is 5.52. The first-order chi connectivity index (χ1) is 12.6. The van der Waals surface area contributed by atoms with Gasteiger partial charge in [-0.1, -0.05) is 44.0 Å². The Balaban J connectivity index is 2.49. The number of rotatable bonds is 8.